The van der Waals surface area contributed by atoms with E-state index in [9.17, 15) is 9.90 Å². The molecule has 1 aliphatic heterocycles. The van der Waals surface area contributed by atoms with E-state index in [-0.39, 0.29) is 5.92 Å². The number of aliphatic hydroxyl groups is 1. The highest BCUT2D eigenvalue weighted by Crippen LogP contribution is 2.31. The predicted molar refractivity (Wildman–Crippen MR) is 62.1 cm³/mol. The maximum atomic E-state index is 11.0. The smallest absolute Gasteiger partial charge is 0.309 e. The van der Waals surface area contributed by atoms with Gasteiger partial charge in [0.15, 0.2) is 0 Å². The van der Waals surface area contributed by atoms with Gasteiger partial charge < -0.3 is 10.2 Å². The van der Waals surface area contributed by atoms with Crippen molar-refractivity contribution in [2.24, 2.45) is 11.8 Å². The Balaban J connectivity index is 2.49. The molecule has 0 aromatic carbocycles. The maximum Gasteiger partial charge on any atom is 0.309 e. The summed E-state index contributed by atoms with van der Waals surface area (Å²) in [5.74, 6) is 0.758. The Morgan fingerprint density at radius 1 is 1.60 bits per heavy atom. The average molecular weight is 232 g/mol. The Hall–Kier alpha value is -0.220. The number of unbranched alkanes of at least 4 members (excludes halogenated alkanes) is 1. The molecule has 15 heavy (non-hydrogen) atoms. The highest BCUT2D eigenvalue weighted by atomic mass is 32.2. The van der Waals surface area contributed by atoms with Crippen molar-refractivity contribution in [1.29, 1.82) is 0 Å². The van der Waals surface area contributed by atoms with Crippen molar-refractivity contribution < 1.29 is 15.0 Å². The standard InChI is InChI=1S/C11H20O3S/c1-2-3-4-9(11(13)14)10(12)8-5-6-15-7-8/h8-10,12H,2-7H2,1H3,(H,13,14). The van der Waals surface area contributed by atoms with Crippen LogP contribution in [-0.2, 0) is 4.79 Å². The second-order valence-corrected chi connectivity index (χ2v) is 5.35. The van der Waals surface area contributed by atoms with E-state index in [1.54, 1.807) is 0 Å². The van der Waals surface area contributed by atoms with Crippen LogP contribution in [0.25, 0.3) is 0 Å². The molecule has 3 unspecified atom stereocenters. The maximum absolute atomic E-state index is 11.0. The molecule has 4 heteroatoms. The van der Waals surface area contributed by atoms with Crippen LogP contribution in [0.5, 0.6) is 0 Å². The Morgan fingerprint density at radius 3 is 2.80 bits per heavy atom. The van der Waals surface area contributed by atoms with Crippen LogP contribution in [0.2, 0.25) is 0 Å². The lowest BCUT2D eigenvalue weighted by Crippen LogP contribution is -2.34. The summed E-state index contributed by atoms with van der Waals surface area (Å²) in [7, 11) is 0. The molecule has 0 amide bonds. The van der Waals surface area contributed by atoms with E-state index in [1.807, 2.05) is 18.7 Å². The molecule has 0 bridgehead atoms. The molecule has 1 fully saturated rings. The minimum atomic E-state index is -0.840. The Kier molecular flexibility index (Phi) is 5.47. The number of carboxylic acid groups (broad SMARTS) is 1. The zero-order valence-electron chi connectivity index (χ0n) is 9.19. The quantitative estimate of drug-likeness (QED) is 0.735. The molecule has 2 N–H and O–H groups in total. The molecule has 3 atom stereocenters. The van der Waals surface area contributed by atoms with Crippen LogP contribution in [0.3, 0.4) is 0 Å². The highest BCUT2D eigenvalue weighted by molar-refractivity contribution is 7.99. The molecule has 0 aromatic heterocycles. The zero-order chi connectivity index (χ0) is 11.3. The minimum Gasteiger partial charge on any atom is -0.481 e. The summed E-state index contributed by atoms with van der Waals surface area (Å²) in [6, 6.07) is 0. The minimum absolute atomic E-state index is 0.188. The summed E-state index contributed by atoms with van der Waals surface area (Å²) in [4.78, 5) is 11.0. The normalized spacial score (nSPS) is 25.1. The molecule has 3 nitrogen and oxygen atoms in total. The van der Waals surface area contributed by atoms with Gasteiger partial charge in [-0.05, 0) is 30.3 Å². The third-order valence-electron chi connectivity index (χ3n) is 3.05. The first-order chi connectivity index (χ1) is 7.16. The highest BCUT2D eigenvalue weighted by Gasteiger charge is 2.33. The van der Waals surface area contributed by atoms with Crippen molar-refractivity contribution in [2.45, 2.75) is 38.7 Å². The molecule has 1 aliphatic rings. The summed E-state index contributed by atoms with van der Waals surface area (Å²) in [5.41, 5.74) is 0. The van der Waals surface area contributed by atoms with Crippen LogP contribution < -0.4 is 0 Å². The van der Waals surface area contributed by atoms with Crippen LogP contribution in [-0.4, -0.2) is 33.8 Å². The van der Waals surface area contributed by atoms with Crippen LogP contribution in [0, 0.1) is 11.8 Å². The molecule has 88 valence electrons. The summed E-state index contributed by atoms with van der Waals surface area (Å²) in [6.45, 7) is 2.04. The molecule has 0 radical (unpaired) electrons. The van der Waals surface area contributed by atoms with Crippen molar-refractivity contribution in [3.63, 3.8) is 0 Å². The number of hydrogen-bond acceptors (Lipinski definition) is 3. The van der Waals surface area contributed by atoms with Crippen molar-refractivity contribution in [1.82, 2.24) is 0 Å². The van der Waals surface area contributed by atoms with E-state index < -0.39 is 18.0 Å². The first kappa shape index (κ1) is 12.8. The molecular formula is C11H20O3S. The van der Waals surface area contributed by atoms with Gasteiger partial charge in [0.1, 0.15) is 0 Å². The topological polar surface area (TPSA) is 57.5 Å². The van der Waals surface area contributed by atoms with E-state index in [1.165, 1.54) is 0 Å². The van der Waals surface area contributed by atoms with Gasteiger partial charge in [0.25, 0.3) is 0 Å². The lowest BCUT2D eigenvalue weighted by atomic mass is 9.87. The van der Waals surface area contributed by atoms with Crippen molar-refractivity contribution in [3.8, 4) is 0 Å². The van der Waals surface area contributed by atoms with Gasteiger partial charge in [0.05, 0.1) is 12.0 Å². The van der Waals surface area contributed by atoms with Gasteiger partial charge in [0, 0.05) is 0 Å². The first-order valence-electron chi connectivity index (χ1n) is 5.65. The van der Waals surface area contributed by atoms with Gasteiger partial charge in [-0.15, -0.1) is 0 Å². The van der Waals surface area contributed by atoms with Crippen molar-refractivity contribution in [3.05, 3.63) is 0 Å². The third-order valence-corrected chi connectivity index (χ3v) is 4.23. The Bertz CT molecular complexity index is 202. The molecule has 0 spiro atoms. The van der Waals surface area contributed by atoms with Gasteiger partial charge in [0.2, 0.25) is 0 Å². The number of carboxylic acids is 1. The van der Waals surface area contributed by atoms with Gasteiger partial charge >= 0.3 is 5.97 Å². The molecule has 1 saturated heterocycles. The van der Waals surface area contributed by atoms with E-state index in [0.717, 1.165) is 30.8 Å². The van der Waals surface area contributed by atoms with E-state index in [4.69, 9.17) is 5.11 Å². The number of hydrogen-bond donors (Lipinski definition) is 2. The van der Waals surface area contributed by atoms with Gasteiger partial charge in [-0.3, -0.25) is 4.79 Å². The van der Waals surface area contributed by atoms with Crippen molar-refractivity contribution >= 4 is 17.7 Å². The van der Waals surface area contributed by atoms with Gasteiger partial charge in [-0.1, -0.05) is 19.8 Å². The van der Waals surface area contributed by atoms with E-state index >= 15 is 0 Å². The number of rotatable bonds is 6. The van der Waals surface area contributed by atoms with Gasteiger partial charge in [-0.2, -0.15) is 11.8 Å². The number of aliphatic hydroxyl groups excluding tert-OH is 1. The second kappa shape index (κ2) is 6.38. The number of aliphatic carboxylic acids is 1. The van der Waals surface area contributed by atoms with Gasteiger partial charge in [-0.25, -0.2) is 0 Å². The SMILES string of the molecule is CCCCC(C(=O)O)C(O)C1CCSC1. The summed E-state index contributed by atoms with van der Waals surface area (Å²) >= 11 is 1.81. The Morgan fingerprint density at radius 2 is 2.33 bits per heavy atom. The molecule has 0 aromatic rings. The molecule has 1 rings (SSSR count). The monoisotopic (exact) mass is 232 g/mol. The lowest BCUT2D eigenvalue weighted by molar-refractivity contribution is -0.147. The average Bonchev–Trinajstić information content (AvgIpc) is 2.70. The summed E-state index contributed by atoms with van der Waals surface area (Å²) in [6.07, 6.45) is 2.78. The van der Waals surface area contributed by atoms with Crippen LogP contribution in [0.1, 0.15) is 32.6 Å². The molecule has 1 heterocycles. The fourth-order valence-electron chi connectivity index (χ4n) is 2.01. The zero-order valence-corrected chi connectivity index (χ0v) is 10.0. The number of thioether (sulfide) groups is 1. The van der Waals surface area contributed by atoms with Crippen LogP contribution >= 0.6 is 11.8 Å². The molecular weight excluding hydrogens is 212 g/mol. The first-order valence-corrected chi connectivity index (χ1v) is 6.81. The lowest BCUT2D eigenvalue weighted by Gasteiger charge is -2.23. The Labute approximate surface area is 95.3 Å². The largest absolute Gasteiger partial charge is 0.481 e. The summed E-state index contributed by atoms with van der Waals surface area (Å²) < 4.78 is 0. The third kappa shape index (κ3) is 3.68. The number of carbonyl (C=O) groups is 1. The van der Waals surface area contributed by atoms with Crippen molar-refractivity contribution in [2.75, 3.05) is 11.5 Å². The predicted octanol–water partition coefficient (Wildman–Crippen LogP) is 1.99. The summed E-state index contributed by atoms with van der Waals surface area (Å²) in [5, 5.41) is 19.1. The van der Waals surface area contributed by atoms with E-state index in [2.05, 4.69) is 0 Å². The second-order valence-electron chi connectivity index (χ2n) is 4.20. The van der Waals surface area contributed by atoms with E-state index in [0.29, 0.717) is 6.42 Å². The fourth-order valence-corrected chi connectivity index (χ4v) is 3.32. The van der Waals surface area contributed by atoms with Crippen LogP contribution in [0.15, 0.2) is 0 Å². The molecule has 0 saturated carbocycles. The molecule has 0 aliphatic carbocycles. The van der Waals surface area contributed by atoms with Crippen LogP contribution in [0.4, 0.5) is 0 Å². The fraction of sp³-hybridized carbons (Fsp3) is 0.909.